The lowest BCUT2D eigenvalue weighted by atomic mass is 9.84. The van der Waals surface area contributed by atoms with Crippen LogP contribution < -0.4 is 4.90 Å². The Kier molecular flexibility index (Phi) is 6.94. The normalized spacial score (nSPS) is 16.9. The van der Waals surface area contributed by atoms with Gasteiger partial charge in [0.2, 0.25) is 5.95 Å². The van der Waals surface area contributed by atoms with E-state index >= 15 is 0 Å². The zero-order chi connectivity index (χ0) is 37.8. The first kappa shape index (κ1) is 32.5. The monoisotopic (exact) mass is 750 g/mol. The van der Waals surface area contributed by atoms with Crippen LogP contribution in [0.5, 0.6) is 0 Å². The molecule has 4 heterocycles. The van der Waals surface area contributed by atoms with Gasteiger partial charge in [0.25, 0.3) is 0 Å². The number of rotatable bonds is 4. The molecule has 1 aliphatic carbocycles. The first-order valence-electron chi connectivity index (χ1n) is 19.7. The third-order valence-corrected chi connectivity index (χ3v) is 15.3. The minimum atomic E-state index is -1.19. The van der Waals surface area contributed by atoms with Gasteiger partial charge >= 0.3 is 0 Å². The third-order valence-electron chi connectivity index (χ3n) is 12.4. The van der Waals surface area contributed by atoms with Crippen molar-refractivity contribution in [1.82, 2.24) is 14.5 Å². The van der Waals surface area contributed by atoms with Crippen LogP contribution >= 0.6 is 10.0 Å². The van der Waals surface area contributed by atoms with Crippen molar-refractivity contribution in [3.05, 3.63) is 193 Å². The van der Waals surface area contributed by atoms with E-state index in [1.54, 1.807) is 0 Å². The maximum absolute atomic E-state index is 5.55. The molecule has 12 rings (SSSR count). The smallest absolute Gasteiger partial charge is 0.235 e. The van der Waals surface area contributed by atoms with Crippen LogP contribution in [0.1, 0.15) is 23.5 Å². The van der Waals surface area contributed by atoms with Crippen LogP contribution in [0.4, 0.5) is 11.4 Å². The number of para-hydroxylation sites is 3. The Morgan fingerprint density at radius 3 is 2.21 bits per heavy atom. The molecular weight excluding hydrogens is 713 g/mol. The Labute approximate surface area is 333 Å². The Hall–Kier alpha value is -6.69. The van der Waals surface area contributed by atoms with Crippen molar-refractivity contribution in [3.63, 3.8) is 0 Å². The van der Waals surface area contributed by atoms with Crippen molar-refractivity contribution in [2.45, 2.75) is 22.1 Å². The van der Waals surface area contributed by atoms with E-state index in [2.05, 4.69) is 198 Å². The fourth-order valence-corrected chi connectivity index (χ4v) is 12.3. The molecule has 1 unspecified atom stereocenters. The van der Waals surface area contributed by atoms with E-state index in [-0.39, 0.29) is 0 Å². The quantitative estimate of drug-likeness (QED) is 0.180. The summed E-state index contributed by atoms with van der Waals surface area (Å²) in [4.78, 5) is 16.3. The van der Waals surface area contributed by atoms with Gasteiger partial charge in [-0.1, -0.05) is 115 Å². The average Bonchev–Trinajstić information content (AvgIpc) is 3.86. The van der Waals surface area contributed by atoms with Crippen LogP contribution in [0.25, 0.3) is 66.6 Å². The molecule has 2 aromatic heterocycles. The number of benzene rings is 7. The zero-order valence-electron chi connectivity index (χ0n) is 31.7. The fraction of sp³-hybridized carbons (Fsp3) is 0.0769. The molecule has 7 aromatic carbocycles. The van der Waals surface area contributed by atoms with Crippen LogP contribution in [0, 0.1) is 0 Å². The summed E-state index contributed by atoms with van der Waals surface area (Å²) in [6.07, 6.45) is 10.5. The lowest BCUT2D eigenvalue weighted by molar-refractivity contribution is 0.832. The number of allylic oxidation sites excluding steroid dienone is 4. The second-order valence-corrected chi connectivity index (χ2v) is 19.3. The van der Waals surface area contributed by atoms with Crippen molar-refractivity contribution in [2.24, 2.45) is 0 Å². The summed E-state index contributed by atoms with van der Waals surface area (Å²) in [5.41, 5.74) is 15.6. The highest BCUT2D eigenvalue weighted by molar-refractivity contribution is 8.33. The summed E-state index contributed by atoms with van der Waals surface area (Å²) in [6, 6.07) is 59.5. The Balaban J connectivity index is 1.03. The largest absolute Gasteiger partial charge is 0.313 e. The van der Waals surface area contributed by atoms with Gasteiger partial charge in [0, 0.05) is 60.1 Å². The SMILES string of the molecule is CS1(C)c2ccccc2-c2c1ccc1nc(-n3c4ccccc4c4cc(C5=CC=C6C(C5)c5ccccc5N6c5ccccc5)ccc43)nc(-c3ccccc3)c21. The van der Waals surface area contributed by atoms with E-state index in [1.807, 2.05) is 0 Å². The van der Waals surface area contributed by atoms with Gasteiger partial charge in [-0.15, -0.1) is 0 Å². The summed E-state index contributed by atoms with van der Waals surface area (Å²) in [7, 11) is -1.19. The van der Waals surface area contributed by atoms with Crippen LogP contribution in [0.15, 0.2) is 191 Å². The average molecular weight is 751 g/mol. The lowest BCUT2D eigenvalue weighted by Gasteiger charge is -2.28. The van der Waals surface area contributed by atoms with Crippen LogP contribution in [-0.4, -0.2) is 27.0 Å². The van der Waals surface area contributed by atoms with Crippen molar-refractivity contribution in [3.8, 4) is 28.3 Å². The number of fused-ring (bicyclic) bond motifs is 11. The molecule has 0 bridgehead atoms. The van der Waals surface area contributed by atoms with E-state index in [0.717, 1.165) is 39.6 Å². The molecule has 0 amide bonds. The Bertz CT molecular complexity index is 3190. The van der Waals surface area contributed by atoms with Crippen molar-refractivity contribution in [2.75, 3.05) is 17.4 Å². The van der Waals surface area contributed by atoms with Crippen molar-refractivity contribution < 1.29 is 0 Å². The molecular formula is C52H38N4S. The van der Waals surface area contributed by atoms with E-state index in [4.69, 9.17) is 9.97 Å². The van der Waals surface area contributed by atoms with Gasteiger partial charge in [0.05, 0.1) is 22.2 Å². The van der Waals surface area contributed by atoms with Crippen molar-refractivity contribution >= 4 is 59.7 Å². The number of hydrogen-bond donors (Lipinski definition) is 0. The number of anilines is 2. The molecule has 0 N–H and O–H groups in total. The van der Waals surface area contributed by atoms with Crippen LogP contribution in [0.2, 0.25) is 0 Å². The van der Waals surface area contributed by atoms with Crippen molar-refractivity contribution in [1.29, 1.82) is 0 Å². The summed E-state index contributed by atoms with van der Waals surface area (Å²) < 4.78 is 2.27. The third kappa shape index (κ3) is 4.70. The number of aromatic nitrogens is 3. The van der Waals surface area contributed by atoms with Gasteiger partial charge in [-0.05, 0) is 102 Å². The first-order chi connectivity index (χ1) is 28.0. The molecule has 0 radical (unpaired) electrons. The van der Waals surface area contributed by atoms with Crippen LogP contribution in [-0.2, 0) is 0 Å². The standard InChI is InChI=1S/C52H38N4S/c1-57(2)47-24-14-11-21-39(47)49-48(57)30-27-42-50(49)51(33-15-5-3-6-16-33)54-52(53-42)56-44-23-13-10-20-38(44)41-32-35(26-29-46(41)56)34-25-28-45-40(31-34)37-19-9-12-22-43(37)55(45)36-17-7-4-8-18-36/h3-30,32,40H,31H2,1-2H3. The number of hydrogen-bond acceptors (Lipinski definition) is 3. The lowest BCUT2D eigenvalue weighted by Crippen LogP contribution is -2.15. The molecule has 0 saturated heterocycles. The van der Waals surface area contributed by atoms with Gasteiger partial charge in [-0.2, -0.15) is 10.0 Å². The van der Waals surface area contributed by atoms with Gasteiger partial charge in [0.15, 0.2) is 0 Å². The second kappa shape index (κ2) is 12.2. The highest BCUT2D eigenvalue weighted by Crippen LogP contribution is 2.68. The van der Waals surface area contributed by atoms with Crippen LogP contribution in [0.3, 0.4) is 0 Å². The molecule has 4 nitrogen and oxygen atoms in total. The Morgan fingerprint density at radius 2 is 1.33 bits per heavy atom. The molecule has 0 spiro atoms. The maximum atomic E-state index is 5.55. The van der Waals surface area contributed by atoms with Gasteiger partial charge in [0.1, 0.15) is 0 Å². The predicted molar refractivity (Wildman–Crippen MR) is 239 cm³/mol. The Morgan fingerprint density at radius 1 is 0.596 bits per heavy atom. The second-order valence-electron chi connectivity index (χ2n) is 15.7. The minimum absolute atomic E-state index is 0.293. The summed E-state index contributed by atoms with van der Waals surface area (Å²) >= 11 is 0. The molecule has 57 heavy (non-hydrogen) atoms. The fourth-order valence-electron chi connectivity index (χ4n) is 9.81. The van der Waals surface area contributed by atoms with Gasteiger partial charge < -0.3 is 4.90 Å². The molecule has 1 atom stereocenters. The van der Waals surface area contributed by atoms with E-state index in [1.165, 1.54) is 65.5 Å². The molecule has 0 saturated carbocycles. The minimum Gasteiger partial charge on any atom is -0.313 e. The molecule has 3 aliphatic rings. The maximum Gasteiger partial charge on any atom is 0.235 e. The van der Waals surface area contributed by atoms with E-state index in [9.17, 15) is 0 Å². The predicted octanol–water partition coefficient (Wildman–Crippen LogP) is 13.5. The molecule has 0 fully saturated rings. The van der Waals surface area contributed by atoms with Gasteiger partial charge in [-0.3, -0.25) is 4.57 Å². The molecule has 2 aliphatic heterocycles. The zero-order valence-corrected chi connectivity index (χ0v) is 32.5. The molecule has 272 valence electrons. The van der Waals surface area contributed by atoms with E-state index < -0.39 is 10.0 Å². The number of nitrogens with zero attached hydrogens (tertiary/aromatic N) is 4. The summed E-state index contributed by atoms with van der Waals surface area (Å²) in [6.45, 7) is 0. The molecule has 5 heteroatoms. The van der Waals surface area contributed by atoms with E-state index in [0.29, 0.717) is 11.9 Å². The highest BCUT2D eigenvalue weighted by Gasteiger charge is 2.37. The summed E-state index contributed by atoms with van der Waals surface area (Å²) in [5.74, 6) is 0.979. The molecule has 9 aromatic rings. The topological polar surface area (TPSA) is 34.0 Å². The first-order valence-corrected chi connectivity index (χ1v) is 22.1. The highest BCUT2D eigenvalue weighted by atomic mass is 32.3. The van der Waals surface area contributed by atoms with Gasteiger partial charge in [-0.25, -0.2) is 9.97 Å². The summed E-state index contributed by atoms with van der Waals surface area (Å²) in [5, 5.41) is 3.53.